The van der Waals surface area contributed by atoms with Crippen molar-refractivity contribution in [1.82, 2.24) is 15.6 Å². The molecule has 0 radical (unpaired) electrons. The van der Waals surface area contributed by atoms with E-state index in [4.69, 9.17) is 0 Å². The molecule has 1 aliphatic heterocycles. The van der Waals surface area contributed by atoms with Gasteiger partial charge in [0, 0.05) is 18.8 Å². The molecule has 6 nitrogen and oxygen atoms in total. The van der Waals surface area contributed by atoms with Crippen LogP contribution in [0.4, 0.5) is 0 Å². The van der Waals surface area contributed by atoms with Crippen LogP contribution >= 0.6 is 0 Å². The van der Waals surface area contributed by atoms with Crippen LogP contribution in [0, 0.1) is 11.8 Å². The Labute approximate surface area is 161 Å². The number of nitrogens with one attached hydrogen (secondary N) is 2. The van der Waals surface area contributed by atoms with Crippen LogP contribution in [-0.4, -0.2) is 48.9 Å². The first-order chi connectivity index (χ1) is 13.0. The number of rotatable bonds is 7. The fraction of sp³-hybridized carbons (Fsp3) is 0.700. The van der Waals surface area contributed by atoms with Crippen molar-refractivity contribution in [2.24, 2.45) is 11.8 Å². The van der Waals surface area contributed by atoms with Crippen molar-refractivity contribution in [2.45, 2.75) is 55.7 Å². The number of sulfone groups is 1. The predicted molar refractivity (Wildman–Crippen MR) is 104 cm³/mol. The normalized spacial score (nSPS) is 32.0. The van der Waals surface area contributed by atoms with Crippen LogP contribution in [0.1, 0.15) is 55.4 Å². The summed E-state index contributed by atoms with van der Waals surface area (Å²) in [6.45, 7) is 1.53. The quantitative estimate of drug-likeness (QED) is 0.741. The van der Waals surface area contributed by atoms with E-state index >= 15 is 0 Å². The Morgan fingerprint density at radius 2 is 1.96 bits per heavy atom. The standard InChI is InChI=1S/C20H29N3O3S/c24-19(18-3-1-2-8-22-18)23-14-16-11-20(12-16)13-17(7-10-27(20,25)26)21-9-6-15-4-5-15/h1-3,8,15-17,21H,4-7,9-14H2,(H,23,24). The Bertz CT molecular complexity index is 771. The average molecular weight is 392 g/mol. The molecule has 2 heterocycles. The number of aromatic nitrogens is 1. The van der Waals surface area contributed by atoms with E-state index in [0.29, 0.717) is 36.9 Å². The number of amides is 1. The first kappa shape index (κ1) is 18.9. The van der Waals surface area contributed by atoms with Crippen molar-refractivity contribution in [3.63, 3.8) is 0 Å². The maximum atomic E-state index is 12.7. The van der Waals surface area contributed by atoms with Gasteiger partial charge in [-0.25, -0.2) is 8.42 Å². The zero-order valence-corrected chi connectivity index (χ0v) is 16.5. The number of carbonyl (C=O) groups excluding carboxylic acids is 1. The number of hydrogen-bond acceptors (Lipinski definition) is 5. The summed E-state index contributed by atoms with van der Waals surface area (Å²) >= 11 is 0. The largest absolute Gasteiger partial charge is 0.350 e. The van der Waals surface area contributed by atoms with Crippen molar-refractivity contribution in [3.05, 3.63) is 30.1 Å². The molecule has 0 bridgehead atoms. The minimum Gasteiger partial charge on any atom is -0.350 e. The lowest BCUT2D eigenvalue weighted by Crippen LogP contribution is -2.59. The molecule has 7 heteroatoms. The van der Waals surface area contributed by atoms with E-state index in [9.17, 15) is 13.2 Å². The number of carbonyl (C=O) groups is 1. The van der Waals surface area contributed by atoms with Gasteiger partial charge in [-0.3, -0.25) is 9.78 Å². The number of hydrogen-bond donors (Lipinski definition) is 2. The van der Waals surface area contributed by atoms with Crippen LogP contribution in [-0.2, 0) is 9.84 Å². The summed E-state index contributed by atoms with van der Waals surface area (Å²) in [5.41, 5.74) is 0.400. The Morgan fingerprint density at radius 1 is 1.15 bits per heavy atom. The molecule has 2 N–H and O–H groups in total. The van der Waals surface area contributed by atoms with E-state index in [1.54, 1.807) is 24.4 Å². The Balaban J connectivity index is 1.27. The summed E-state index contributed by atoms with van der Waals surface area (Å²) in [4.78, 5) is 16.2. The molecule has 2 aliphatic carbocycles. The third-order valence-electron chi connectivity index (χ3n) is 6.47. The molecule has 27 heavy (non-hydrogen) atoms. The van der Waals surface area contributed by atoms with Gasteiger partial charge >= 0.3 is 0 Å². The van der Waals surface area contributed by atoms with Gasteiger partial charge in [-0.1, -0.05) is 18.9 Å². The van der Waals surface area contributed by atoms with E-state index in [1.165, 1.54) is 19.3 Å². The topological polar surface area (TPSA) is 88.2 Å². The second-order valence-electron chi connectivity index (χ2n) is 8.58. The van der Waals surface area contributed by atoms with E-state index < -0.39 is 14.6 Å². The lowest BCUT2D eigenvalue weighted by molar-refractivity contribution is 0.0919. The lowest BCUT2D eigenvalue weighted by Gasteiger charge is -2.51. The van der Waals surface area contributed by atoms with Gasteiger partial charge in [0.05, 0.1) is 10.5 Å². The van der Waals surface area contributed by atoms with Gasteiger partial charge in [0.1, 0.15) is 5.69 Å². The molecule has 3 aliphatic rings. The van der Waals surface area contributed by atoms with Gasteiger partial charge in [-0.05, 0) is 62.6 Å². The van der Waals surface area contributed by atoms with Gasteiger partial charge < -0.3 is 10.6 Å². The van der Waals surface area contributed by atoms with Crippen molar-refractivity contribution in [1.29, 1.82) is 0 Å². The van der Waals surface area contributed by atoms with Crippen molar-refractivity contribution < 1.29 is 13.2 Å². The van der Waals surface area contributed by atoms with Crippen LogP contribution in [0.15, 0.2) is 24.4 Å². The van der Waals surface area contributed by atoms with Gasteiger partial charge in [0.2, 0.25) is 0 Å². The molecule has 1 amide bonds. The SMILES string of the molecule is O=C(NCC1CC2(C1)CC(NCCC1CC1)CCS2(=O)=O)c1ccccn1. The highest BCUT2D eigenvalue weighted by atomic mass is 32.2. The second kappa shape index (κ2) is 7.51. The van der Waals surface area contributed by atoms with Crippen LogP contribution < -0.4 is 10.6 Å². The molecule has 3 fully saturated rings. The number of nitrogens with zero attached hydrogens (tertiary/aromatic N) is 1. The molecule has 1 atom stereocenters. The van der Waals surface area contributed by atoms with E-state index in [1.807, 2.05) is 0 Å². The summed E-state index contributed by atoms with van der Waals surface area (Å²) in [5.74, 6) is 1.23. The molecule has 0 aromatic carbocycles. The highest BCUT2D eigenvalue weighted by Crippen LogP contribution is 2.49. The Hall–Kier alpha value is -1.47. The van der Waals surface area contributed by atoms with Crippen LogP contribution in [0.3, 0.4) is 0 Å². The van der Waals surface area contributed by atoms with Gasteiger partial charge in [-0.2, -0.15) is 0 Å². The first-order valence-electron chi connectivity index (χ1n) is 10.1. The molecule has 1 saturated heterocycles. The van der Waals surface area contributed by atoms with E-state index in [0.717, 1.165) is 25.3 Å². The van der Waals surface area contributed by atoms with Crippen LogP contribution in [0.2, 0.25) is 0 Å². The fourth-order valence-electron chi connectivity index (χ4n) is 4.65. The highest BCUT2D eigenvalue weighted by molar-refractivity contribution is 7.92. The third-order valence-corrected chi connectivity index (χ3v) is 9.06. The second-order valence-corrected chi connectivity index (χ2v) is 11.1. The molecule has 1 unspecified atom stereocenters. The van der Waals surface area contributed by atoms with Crippen molar-refractivity contribution >= 4 is 15.7 Å². The first-order valence-corrected chi connectivity index (χ1v) is 11.8. The Morgan fingerprint density at radius 3 is 2.67 bits per heavy atom. The molecule has 1 aromatic heterocycles. The Kier molecular flexibility index (Phi) is 5.25. The van der Waals surface area contributed by atoms with Gasteiger partial charge in [-0.15, -0.1) is 0 Å². The maximum absolute atomic E-state index is 12.7. The summed E-state index contributed by atoms with van der Waals surface area (Å²) in [5, 5.41) is 6.50. The maximum Gasteiger partial charge on any atom is 0.269 e. The fourth-order valence-corrected chi connectivity index (χ4v) is 7.11. The molecule has 1 spiro atoms. The van der Waals surface area contributed by atoms with E-state index in [2.05, 4.69) is 15.6 Å². The van der Waals surface area contributed by atoms with Crippen molar-refractivity contribution in [3.8, 4) is 0 Å². The lowest BCUT2D eigenvalue weighted by atomic mass is 9.70. The summed E-state index contributed by atoms with van der Waals surface area (Å²) in [6.07, 6.45) is 8.32. The molecule has 148 valence electrons. The van der Waals surface area contributed by atoms with E-state index in [-0.39, 0.29) is 11.8 Å². The molecular weight excluding hydrogens is 362 g/mol. The van der Waals surface area contributed by atoms with Crippen LogP contribution in [0.25, 0.3) is 0 Å². The summed E-state index contributed by atoms with van der Waals surface area (Å²) in [6, 6.07) is 5.55. The molecule has 4 rings (SSSR count). The minimum absolute atomic E-state index is 0.192. The van der Waals surface area contributed by atoms with Gasteiger partial charge in [0.15, 0.2) is 9.84 Å². The molecule has 1 aromatic rings. The predicted octanol–water partition coefficient (Wildman–Crippen LogP) is 1.93. The minimum atomic E-state index is -3.04. The third kappa shape index (κ3) is 4.19. The number of pyridine rings is 1. The smallest absolute Gasteiger partial charge is 0.269 e. The summed E-state index contributed by atoms with van der Waals surface area (Å²) in [7, 11) is -3.04. The average Bonchev–Trinajstić information content (AvgIpc) is 3.45. The van der Waals surface area contributed by atoms with Crippen molar-refractivity contribution in [2.75, 3.05) is 18.8 Å². The van der Waals surface area contributed by atoms with Gasteiger partial charge in [0.25, 0.3) is 5.91 Å². The monoisotopic (exact) mass is 391 g/mol. The zero-order valence-electron chi connectivity index (χ0n) is 15.7. The zero-order chi connectivity index (χ0) is 18.9. The highest BCUT2D eigenvalue weighted by Gasteiger charge is 2.56. The molecular formula is C20H29N3O3S. The van der Waals surface area contributed by atoms with Crippen LogP contribution in [0.5, 0.6) is 0 Å². The summed E-state index contributed by atoms with van der Waals surface area (Å²) < 4.78 is 24.8. The molecule has 2 saturated carbocycles.